The summed E-state index contributed by atoms with van der Waals surface area (Å²) in [4.78, 5) is 26.0. The van der Waals surface area contributed by atoms with Crippen LogP contribution in [-0.4, -0.2) is 41.4 Å². The summed E-state index contributed by atoms with van der Waals surface area (Å²) < 4.78 is 4.60. The Bertz CT molecular complexity index is 1270. The van der Waals surface area contributed by atoms with Crippen LogP contribution in [0.4, 0.5) is 0 Å². The number of hydrogen-bond acceptors (Lipinski definition) is 6. The molecule has 2 atom stereocenters. The zero-order chi connectivity index (χ0) is 28.4. The maximum absolute atomic E-state index is 13.3. The number of ether oxygens (including phenoxy) is 1. The Hall–Kier alpha value is -4.07. The van der Waals surface area contributed by atoms with Gasteiger partial charge in [0.05, 0.1) is 17.4 Å². The van der Waals surface area contributed by atoms with Crippen LogP contribution in [0.3, 0.4) is 0 Å². The number of nitrogens with two attached hydrogens (primary N) is 1. The average molecular weight is 555 g/mol. The molecule has 0 aliphatic heterocycles. The number of hydrogen-bond donors (Lipinski definition) is 3. The second-order valence-electron chi connectivity index (χ2n) is 9.38. The van der Waals surface area contributed by atoms with E-state index in [-0.39, 0.29) is 18.8 Å². The van der Waals surface area contributed by atoms with Crippen molar-refractivity contribution in [1.29, 1.82) is 0 Å². The Morgan fingerprint density at radius 3 is 1.75 bits per heavy atom. The lowest BCUT2D eigenvalue weighted by atomic mass is 9.84. The number of amides is 1. The highest BCUT2D eigenvalue weighted by atomic mass is 32.2. The second-order valence-corrected chi connectivity index (χ2v) is 10.6. The first-order valence-corrected chi connectivity index (χ1v) is 14.2. The van der Waals surface area contributed by atoms with Gasteiger partial charge in [0.25, 0.3) is 0 Å². The Morgan fingerprint density at radius 2 is 1.30 bits per heavy atom. The minimum absolute atomic E-state index is 0.123. The molecule has 4 rings (SSSR count). The molecule has 0 aliphatic carbocycles. The van der Waals surface area contributed by atoms with Gasteiger partial charge < -0.3 is 20.9 Å². The lowest BCUT2D eigenvalue weighted by molar-refractivity contribution is -0.147. The Labute approximate surface area is 239 Å². The van der Waals surface area contributed by atoms with E-state index in [9.17, 15) is 14.7 Å². The fourth-order valence-corrected chi connectivity index (χ4v) is 6.13. The molecule has 6 nitrogen and oxygen atoms in total. The molecule has 1 amide bonds. The normalized spacial score (nSPS) is 12.8. The van der Waals surface area contributed by atoms with E-state index >= 15 is 0 Å². The number of phenolic OH excluding ortho intramolecular Hbond substituents is 1. The summed E-state index contributed by atoms with van der Waals surface area (Å²) in [6, 6.07) is 35.2. The van der Waals surface area contributed by atoms with Gasteiger partial charge in [-0.15, -0.1) is 11.8 Å². The smallest absolute Gasteiger partial charge is 0.328 e. The Balaban J connectivity index is 1.59. The highest BCUT2D eigenvalue weighted by Crippen LogP contribution is 2.48. The highest BCUT2D eigenvalue weighted by Gasteiger charge is 2.38. The van der Waals surface area contributed by atoms with Crippen molar-refractivity contribution in [3.05, 3.63) is 138 Å². The fraction of sp³-hybridized carbons (Fsp3) is 0.212. The van der Waals surface area contributed by atoms with Crippen molar-refractivity contribution in [2.45, 2.75) is 30.2 Å². The van der Waals surface area contributed by atoms with Crippen molar-refractivity contribution in [2.24, 2.45) is 5.73 Å². The molecule has 40 heavy (non-hydrogen) atoms. The van der Waals surface area contributed by atoms with E-state index in [4.69, 9.17) is 10.5 Å². The number of benzene rings is 4. The zero-order valence-corrected chi connectivity index (χ0v) is 23.2. The fourth-order valence-electron chi connectivity index (χ4n) is 4.64. The number of aromatic hydroxyl groups is 1. The molecule has 0 saturated carbocycles. The largest absolute Gasteiger partial charge is 0.508 e. The third-order valence-electron chi connectivity index (χ3n) is 6.62. The standard InChI is InChI=1S/C33H34N2O4S/c1-2-39-32(38)30(22-24-18-20-28(36)21-19-24)35-31(37)29(34)23-40-33(25-12-6-3-7-13-25,26-14-8-4-9-15-26)27-16-10-5-11-17-27/h3-21,29-30,36H,2,22-23,34H2,1H3,(H,35,37)/t29-,30-/m0/s1. The molecule has 0 aliphatic rings. The van der Waals surface area contributed by atoms with Crippen LogP contribution in [0.1, 0.15) is 29.2 Å². The van der Waals surface area contributed by atoms with Gasteiger partial charge in [-0.05, 0) is 41.3 Å². The SMILES string of the molecule is CCOC(=O)[C@H](Cc1ccc(O)cc1)NC(=O)[C@@H](N)CSC(c1ccccc1)(c1ccccc1)c1ccccc1. The number of carbonyl (C=O) groups excluding carboxylic acids is 2. The molecule has 0 saturated heterocycles. The number of thioether (sulfide) groups is 1. The zero-order valence-electron chi connectivity index (χ0n) is 22.4. The van der Waals surface area contributed by atoms with E-state index in [1.165, 1.54) is 12.1 Å². The molecule has 0 radical (unpaired) electrons. The molecule has 0 heterocycles. The van der Waals surface area contributed by atoms with E-state index in [1.807, 2.05) is 54.6 Å². The third-order valence-corrected chi connectivity index (χ3v) is 8.29. The molecule has 4 aromatic carbocycles. The van der Waals surface area contributed by atoms with Crippen molar-refractivity contribution in [3.63, 3.8) is 0 Å². The lowest BCUT2D eigenvalue weighted by Gasteiger charge is -2.36. The van der Waals surface area contributed by atoms with Gasteiger partial charge >= 0.3 is 5.97 Å². The van der Waals surface area contributed by atoms with Gasteiger partial charge in [0, 0.05) is 12.2 Å². The van der Waals surface area contributed by atoms with Crippen LogP contribution in [0.15, 0.2) is 115 Å². The minimum atomic E-state index is -0.907. The van der Waals surface area contributed by atoms with E-state index in [0.717, 1.165) is 22.3 Å². The quantitative estimate of drug-likeness (QED) is 0.168. The van der Waals surface area contributed by atoms with Crippen LogP contribution in [0.2, 0.25) is 0 Å². The monoisotopic (exact) mass is 554 g/mol. The number of phenols is 1. The molecular weight excluding hydrogens is 520 g/mol. The predicted octanol–water partition coefficient (Wildman–Crippen LogP) is 5.04. The van der Waals surface area contributed by atoms with Gasteiger partial charge in [0.15, 0.2) is 0 Å². The predicted molar refractivity (Wildman–Crippen MR) is 160 cm³/mol. The molecule has 4 aromatic rings. The van der Waals surface area contributed by atoms with E-state index in [2.05, 4.69) is 41.7 Å². The van der Waals surface area contributed by atoms with E-state index in [1.54, 1.807) is 30.8 Å². The summed E-state index contributed by atoms with van der Waals surface area (Å²) in [5, 5.41) is 12.4. The Morgan fingerprint density at radius 1 is 0.825 bits per heavy atom. The molecule has 7 heteroatoms. The van der Waals surface area contributed by atoms with Crippen molar-refractivity contribution in [1.82, 2.24) is 5.32 Å². The van der Waals surface area contributed by atoms with Gasteiger partial charge in [-0.3, -0.25) is 4.79 Å². The summed E-state index contributed by atoms with van der Waals surface area (Å²) in [6.45, 7) is 1.91. The molecule has 0 aromatic heterocycles. The van der Waals surface area contributed by atoms with Crippen molar-refractivity contribution >= 4 is 23.6 Å². The molecule has 4 N–H and O–H groups in total. The molecular formula is C33H34N2O4S. The average Bonchev–Trinajstić information content (AvgIpc) is 3.00. The summed E-state index contributed by atoms with van der Waals surface area (Å²) in [6.07, 6.45) is 0.215. The molecule has 0 fully saturated rings. The first kappa shape index (κ1) is 28.9. The summed E-state index contributed by atoms with van der Waals surface area (Å²) in [5.41, 5.74) is 10.5. The van der Waals surface area contributed by atoms with Gasteiger partial charge in [-0.2, -0.15) is 0 Å². The number of rotatable bonds is 12. The minimum Gasteiger partial charge on any atom is -0.508 e. The third kappa shape index (κ3) is 6.92. The van der Waals surface area contributed by atoms with Crippen LogP contribution in [-0.2, 0) is 25.5 Å². The number of nitrogens with one attached hydrogen (secondary N) is 1. The topological polar surface area (TPSA) is 102 Å². The maximum atomic E-state index is 13.3. The first-order chi connectivity index (χ1) is 19.4. The van der Waals surface area contributed by atoms with Crippen molar-refractivity contribution in [3.8, 4) is 5.75 Å². The maximum Gasteiger partial charge on any atom is 0.328 e. The number of esters is 1. The van der Waals surface area contributed by atoms with E-state index < -0.39 is 28.7 Å². The second kappa shape index (κ2) is 13.8. The van der Waals surface area contributed by atoms with Crippen LogP contribution in [0.25, 0.3) is 0 Å². The summed E-state index contributed by atoms with van der Waals surface area (Å²) in [5.74, 6) is -0.555. The summed E-state index contributed by atoms with van der Waals surface area (Å²) in [7, 11) is 0. The molecule has 206 valence electrons. The van der Waals surface area contributed by atoms with Gasteiger partial charge in [-0.1, -0.05) is 103 Å². The van der Waals surface area contributed by atoms with Crippen molar-refractivity contribution < 1.29 is 19.4 Å². The van der Waals surface area contributed by atoms with E-state index in [0.29, 0.717) is 5.75 Å². The highest BCUT2D eigenvalue weighted by molar-refractivity contribution is 8.00. The van der Waals surface area contributed by atoms with Crippen molar-refractivity contribution in [2.75, 3.05) is 12.4 Å². The Kier molecular flexibility index (Phi) is 10.00. The van der Waals surface area contributed by atoms with Crippen LogP contribution in [0, 0.1) is 0 Å². The van der Waals surface area contributed by atoms with Crippen LogP contribution < -0.4 is 11.1 Å². The lowest BCUT2D eigenvalue weighted by Crippen LogP contribution is -2.51. The molecule has 0 bridgehead atoms. The molecule has 0 spiro atoms. The first-order valence-electron chi connectivity index (χ1n) is 13.2. The molecule has 0 unspecified atom stereocenters. The van der Waals surface area contributed by atoms with Gasteiger partial charge in [-0.25, -0.2) is 4.79 Å². The van der Waals surface area contributed by atoms with Gasteiger partial charge in [0.1, 0.15) is 11.8 Å². The summed E-state index contributed by atoms with van der Waals surface area (Å²) >= 11 is 1.59. The van der Waals surface area contributed by atoms with Gasteiger partial charge in [0.2, 0.25) is 5.91 Å². The van der Waals surface area contributed by atoms with Crippen LogP contribution in [0.5, 0.6) is 5.75 Å². The number of carbonyl (C=O) groups is 2. The van der Waals surface area contributed by atoms with Crippen LogP contribution >= 0.6 is 11.8 Å².